The number of carbonyl (C=O) groups excluding carboxylic acids is 1. The fourth-order valence-corrected chi connectivity index (χ4v) is 1.75. The minimum absolute atomic E-state index is 0.0230. The molecular weight excluding hydrogens is 230 g/mol. The molecule has 0 radical (unpaired) electrons. The second-order valence-electron chi connectivity index (χ2n) is 4.17. The van der Waals surface area contributed by atoms with Crippen molar-refractivity contribution in [2.24, 2.45) is 5.73 Å². The van der Waals surface area contributed by atoms with Crippen molar-refractivity contribution in [1.29, 1.82) is 0 Å². The van der Waals surface area contributed by atoms with E-state index in [0.717, 1.165) is 36.0 Å². The van der Waals surface area contributed by atoms with Gasteiger partial charge in [0, 0.05) is 12.1 Å². The Hall–Kier alpha value is -1.95. The van der Waals surface area contributed by atoms with Crippen LogP contribution in [0.5, 0.6) is 0 Å². The van der Waals surface area contributed by atoms with Crippen molar-refractivity contribution < 1.29 is 4.79 Å². The molecule has 0 saturated heterocycles. The minimum Gasteiger partial charge on any atom is -0.330 e. The number of nitrogens with one attached hydrogen (secondary N) is 2. The average Bonchev–Trinajstić information content (AvgIpc) is 2.82. The van der Waals surface area contributed by atoms with Gasteiger partial charge in [0.15, 0.2) is 0 Å². The lowest BCUT2D eigenvalue weighted by Gasteiger charge is -2.04. The van der Waals surface area contributed by atoms with Gasteiger partial charge in [-0.2, -0.15) is 15.4 Å². The third kappa shape index (κ3) is 3.27. The zero-order valence-electron chi connectivity index (χ0n) is 10.1. The highest BCUT2D eigenvalue weighted by atomic mass is 16.1. The molecule has 6 nitrogen and oxygen atoms in total. The van der Waals surface area contributed by atoms with Gasteiger partial charge in [-0.05, 0) is 37.6 Å². The molecule has 1 aromatic carbocycles. The summed E-state index contributed by atoms with van der Waals surface area (Å²) in [7, 11) is 0. The summed E-state index contributed by atoms with van der Waals surface area (Å²) in [4.78, 5) is 11.7. The van der Waals surface area contributed by atoms with Crippen LogP contribution >= 0.6 is 0 Å². The van der Waals surface area contributed by atoms with E-state index in [1.165, 1.54) is 0 Å². The van der Waals surface area contributed by atoms with Crippen molar-refractivity contribution in [3.8, 4) is 0 Å². The smallest absolute Gasteiger partial charge is 0.224 e. The number of aromatic nitrogens is 3. The normalized spacial score (nSPS) is 10.7. The molecule has 0 bridgehead atoms. The lowest BCUT2D eigenvalue weighted by atomic mass is 10.2. The van der Waals surface area contributed by atoms with Gasteiger partial charge in [-0.1, -0.05) is 6.42 Å². The number of anilines is 1. The molecule has 1 amide bonds. The molecule has 6 heteroatoms. The first kappa shape index (κ1) is 12.5. The molecular formula is C12H17N5O. The van der Waals surface area contributed by atoms with Crippen molar-refractivity contribution in [3.05, 3.63) is 18.2 Å². The first-order chi connectivity index (χ1) is 8.79. The van der Waals surface area contributed by atoms with Crippen LogP contribution in [0.25, 0.3) is 11.0 Å². The Morgan fingerprint density at radius 2 is 2.06 bits per heavy atom. The van der Waals surface area contributed by atoms with E-state index in [1.807, 2.05) is 12.1 Å². The zero-order chi connectivity index (χ0) is 12.8. The molecule has 1 heterocycles. The number of amides is 1. The lowest BCUT2D eigenvalue weighted by molar-refractivity contribution is -0.116. The summed E-state index contributed by atoms with van der Waals surface area (Å²) in [5.74, 6) is 0.0230. The van der Waals surface area contributed by atoms with Gasteiger partial charge >= 0.3 is 0 Å². The molecule has 0 aliphatic carbocycles. The number of carbonyl (C=O) groups is 1. The van der Waals surface area contributed by atoms with E-state index < -0.39 is 0 Å². The predicted molar refractivity (Wildman–Crippen MR) is 70.0 cm³/mol. The Morgan fingerprint density at radius 1 is 1.22 bits per heavy atom. The third-order valence-electron chi connectivity index (χ3n) is 2.71. The van der Waals surface area contributed by atoms with E-state index in [2.05, 4.69) is 20.7 Å². The Morgan fingerprint density at radius 3 is 2.89 bits per heavy atom. The summed E-state index contributed by atoms with van der Waals surface area (Å²) < 4.78 is 0. The lowest BCUT2D eigenvalue weighted by Crippen LogP contribution is -2.11. The molecule has 96 valence electrons. The number of hydrogen-bond acceptors (Lipinski definition) is 4. The van der Waals surface area contributed by atoms with E-state index in [-0.39, 0.29) is 5.91 Å². The highest BCUT2D eigenvalue weighted by Gasteiger charge is 2.04. The first-order valence-electron chi connectivity index (χ1n) is 6.10. The standard InChI is InChI=1S/C12H17N5O/c13-7-3-1-2-4-12(18)14-9-5-6-10-11(8-9)16-17-15-10/h5-6,8H,1-4,7,13H2,(H,14,18)(H,15,16,17). The van der Waals surface area contributed by atoms with E-state index in [9.17, 15) is 4.79 Å². The maximum atomic E-state index is 11.7. The van der Waals surface area contributed by atoms with Crippen LogP contribution in [0.15, 0.2) is 18.2 Å². The van der Waals surface area contributed by atoms with Crippen molar-refractivity contribution in [1.82, 2.24) is 15.4 Å². The number of nitrogens with zero attached hydrogens (tertiary/aromatic N) is 2. The topological polar surface area (TPSA) is 96.7 Å². The quantitative estimate of drug-likeness (QED) is 0.672. The van der Waals surface area contributed by atoms with E-state index in [4.69, 9.17) is 5.73 Å². The van der Waals surface area contributed by atoms with Crippen molar-refractivity contribution in [2.45, 2.75) is 25.7 Å². The number of benzene rings is 1. The van der Waals surface area contributed by atoms with E-state index in [0.29, 0.717) is 13.0 Å². The van der Waals surface area contributed by atoms with Gasteiger partial charge in [-0.15, -0.1) is 0 Å². The highest BCUT2D eigenvalue weighted by Crippen LogP contribution is 2.15. The number of H-pyrrole nitrogens is 1. The zero-order valence-corrected chi connectivity index (χ0v) is 10.1. The van der Waals surface area contributed by atoms with Gasteiger partial charge in [0.1, 0.15) is 11.0 Å². The van der Waals surface area contributed by atoms with E-state index in [1.54, 1.807) is 6.07 Å². The second-order valence-corrected chi connectivity index (χ2v) is 4.17. The Balaban J connectivity index is 1.86. The molecule has 0 unspecified atom stereocenters. The summed E-state index contributed by atoms with van der Waals surface area (Å²) in [6.07, 6.45) is 3.36. The number of nitrogens with two attached hydrogens (primary N) is 1. The fourth-order valence-electron chi connectivity index (χ4n) is 1.75. The second kappa shape index (κ2) is 6.11. The van der Waals surface area contributed by atoms with Crippen LogP contribution in [0.2, 0.25) is 0 Å². The van der Waals surface area contributed by atoms with Crippen LogP contribution in [-0.4, -0.2) is 27.9 Å². The molecule has 1 aromatic heterocycles. The number of unbranched alkanes of at least 4 members (excludes halogenated alkanes) is 2. The van der Waals surface area contributed by atoms with Gasteiger partial charge in [0.2, 0.25) is 5.91 Å². The molecule has 0 aliphatic rings. The summed E-state index contributed by atoms with van der Waals surface area (Å²) in [6, 6.07) is 5.45. The third-order valence-corrected chi connectivity index (χ3v) is 2.71. The van der Waals surface area contributed by atoms with Crippen LogP contribution in [0.4, 0.5) is 5.69 Å². The predicted octanol–water partition coefficient (Wildman–Crippen LogP) is 1.42. The number of fused-ring (bicyclic) bond motifs is 1. The molecule has 2 aromatic rings. The van der Waals surface area contributed by atoms with Crippen LogP contribution in [0.1, 0.15) is 25.7 Å². The van der Waals surface area contributed by atoms with Crippen LogP contribution in [0.3, 0.4) is 0 Å². The van der Waals surface area contributed by atoms with Gasteiger partial charge in [-0.25, -0.2) is 0 Å². The fraction of sp³-hybridized carbons (Fsp3) is 0.417. The van der Waals surface area contributed by atoms with Crippen LogP contribution in [0, 0.1) is 0 Å². The van der Waals surface area contributed by atoms with Gasteiger partial charge in [-0.3, -0.25) is 4.79 Å². The molecule has 0 spiro atoms. The average molecular weight is 247 g/mol. The number of rotatable bonds is 6. The number of hydrogen-bond donors (Lipinski definition) is 3. The molecule has 0 fully saturated rings. The SMILES string of the molecule is NCCCCCC(=O)Nc1ccc2n[nH]nc2c1. The number of aromatic amines is 1. The highest BCUT2D eigenvalue weighted by molar-refractivity contribution is 5.92. The van der Waals surface area contributed by atoms with Crippen molar-refractivity contribution >= 4 is 22.6 Å². The molecule has 0 aliphatic heterocycles. The van der Waals surface area contributed by atoms with Crippen LogP contribution < -0.4 is 11.1 Å². The maximum Gasteiger partial charge on any atom is 0.224 e. The summed E-state index contributed by atoms with van der Waals surface area (Å²) in [6.45, 7) is 0.685. The largest absolute Gasteiger partial charge is 0.330 e. The molecule has 4 N–H and O–H groups in total. The molecule has 18 heavy (non-hydrogen) atoms. The van der Waals surface area contributed by atoms with Crippen LogP contribution in [-0.2, 0) is 4.79 Å². The molecule has 0 atom stereocenters. The molecule has 2 rings (SSSR count). The minimum atomic E-state index is 0.0230. The Kier molecular flexibility index (Phi) is 4.25. The van der Waals surface area contributed by atoms with Gasteiger partial charge in [0.25, 0.3) is 0 Å². The van der Waals surface area contributed by atoms with Gasteiger partial charge in [0.05, 0.1) is 0 Å². The maximum absolute atomic E-state index is 11.7. The van der Waals surface area contributed by atoms with E-state index >= 15 is 0 Å². The summed E-state index contributed by atoms with van der Waals surface area (Å²) in [5, 5.41) is 13.3. The van der Waals surface area contributed by atoms with Gasteiger partial charge < -0.3 is 11.1 Å². The monoisotopic (exact) mass is 247 g/mol. The Bertz CT molecular complexity index is 522. The first-order valence-corrected chi connectivity index (χ1v) is 6.10. The van der Waals surface area contributed by atoms with Crippen molar-refractivity contribution in [3.63, 3.8) is 0 Å². The molecule has 0 saturated carbocycles. The summed E-state index contributed by atoms with van der Waals surface area (Å²) >= 11 is 0. The van der Waals surface area contributed by atoms with Crippen molar-refractivity contribution in [2.75, 3.05) is 11.9 Å². The Labute approximate surface area is 105 Å². The summed E-state index contributed by atoms with van der Waals surface area (Å²) in [5.41, 5.74) is 7.68.